The number of amides is 1. The number of ether oxygens (including phenoxy) is 1. The number of nitrogens with zero attached hydrogens (tertiary/aromatic N) is 1. The summed E-state index contributed by atoms with van der Waals surface area (Å²) in [5, 5.41) is 21.1. The normalized spacial score (nSPS) is 9.71. The number of carbonyl (C=O) groups excluding carboxylic acids is 1. The Hall–Kier alpha value is -2.15. The number of aliphatic hydroxyl groups is 1. The number of non-ortho nitro benzene ring substituents is 1. The summed E-state index contributed by atoms with van der Waals surface area (Å²) in [6, 6.07) is 5.70. The quantitative estimate of drug-likeness (QED) is 0.585. The van der Waals surface area contributed by atoms with Gasteiger partial charge in [0.1, 0.15) is 6.61 Å². The molecule has 0 fully saturated rings. The molecule has 7 nitrogen and oxygen atoms in total. The molecule has 2 N–H and O–H groups in total. The molecule has 0 unspecified atom stereocenters. The number of nitrogens with one attached hydrogen (secondary N) is 1. The van der Waals surface area contributed by atoms with Crippen molar-refractivity contribution < 1.29 is 19.6 Å². The summed E-state index contributed by atoms with van der Waals surface area (Å²) >= 11 is 0. The molecule has 0 spiro atoms. The second kappa shape index (κ2) is 6.44. The van der Waals surface area contributed by atoms with Crippen LogP contribution in [0.4, 0.5) is 10.5 Å². The van der Waals surface area contributed by atoms with Crippen molar-refractivity contribution in [1.29, 1.82) is 0 Å². The zero-order valence-corrected chi connectivity index (χ0v) is 8.96. The highest BCUT2D eigenvalue weighted by Crippen LogP contribution is 2.12. The third-order valence-electron chi connectivity index (χ3n) is 1.90. The summed E-state index contributed by atoms with van der Waals surface area (Å²) in [7, 11) is 0. The molecule has 0 saturated carbocycles. The predicted octanol–water partition coefficient (Wildman–Crippen LogP) is 0.813. The monoisotopic (exact) mass is 240 g/mol. The lowest BCUT2D eigenvalue weighted by molar-refractivity contribution is -0.384. The fourth-order valence-electron chi connectivity index (χ4n) is 1.07. The molecule has 0 aliphatic rings. The third kappa shape index (κ3) is 4.47. The van der Waals surface area contributed by atoms with Crippen LogP contribution in [0.1, 0.15) is 5.56 Å². The first kappa shape index (κ1) is 12.9. The van der Waals surface area contributed by atoms with Gasteiger partial charge in [-0.05, 0) is 17.7 Å². The molecule has 0 aromatic heterocycles. The van der Waals surface area contributed by atoms with E-state index in [2.05, 4.69) is 5.32 Å². The number of hydrogen-bond acceptors (Lipinski definition) is 5. The first-order valence-electron chi connectivity index (χ1n) is 4.88. The van der Waals surface area contributed by atoms with Gasteiger partial charge in [-0.3, -0.25) is 10.1 Å². The lowest BCUT2D eigenvalue weighted by Gasteiger charge is -2.05. The summed E-state index contributed by atoms with van der Waals surface area (Å²) in [6.45, 7) is -0.0129. The van der Waals surface area contributed by atoms with E-state index in [1.807, 2.05) is 0 Å². The Labute approximate surface area is 97.2 Å². The fourth-order valence-corrected chi connectivity index (χ4v) is 1.07. The largest absolute Gasteiger partial charge is 0.445 e. The van der Waals surface area contributed by atoms with E-state index >= 15 is 0 Å². The van der Waals surface area contributed by atoms with E-state index < -0.39 is 11.0 Å². The second-order valence-electron chi connectivity index (χ2n) is 3.15. The van der Waals surface area contributed by atoms with Crippen molar-refractivity contribution >= 4 is 11.8 Å². The van der Waals surface area contributed by atoms with Crippen molar-refractivity contribution in [1.82, 2.24) is 5.32 Å². The Kier molecular flexibility index (Phi) is 4.89. The molecule has 92 valence electrons. The third-order valence-corrected chi connectivity index (χ3v) is 1.90. The maximum absolute atomic E-state index is 11.0. The highest BCUT2D eigenvalue weighted by molar-refractivity contribution is 5.67. The van der Waals surface area contributed by atoms with Gasteiger partial charge in [-0.2, -0.15) is 0 Å². The average molecular weight is 240 g/mol. The van der Waals surface area contributed by atoms with Crippen LogP contribution >= 0.6 is 0 Å². The van der Waals surface area contributed by atoms with Crippen LogP contribution < -0.4 is 5.32 Å². The number of nitro groups is 1. The van der Waals surface area contributed by atoms with E-state index in [0.29, 0.717) is 5.56 Å². The van der Waals surface area contributed by atoms with E-state index in [-0.39, 0.29) is 25.4 Å². The second-order valence-corrected chi connectivity index (χ2v) is 3.15. The summed E-state index contributed by atoms with van der Waals surface area (Å²) in [5.41, 5.74) is 0.633. The molecule has 0 radical (unpaired) electrons. The van der Waals surface area contributed by atoms with Crippen molar-refractivity contribution in [3.8, 4) is 0 Å². The van der Waals surface area contributed by atoms with Crippen LogP contribution in [-0.2, 0) is 11.3 Å². The number of benzene rings is 1. The molecule has 0 atom stereocenters. The summed E-state index contributed by atoms with van der Waals surface area (Å²) < 4.78 is 4.80. The van der Waals surface area contributed by atoms with Gasteiger partial charge in [0.25, 0.3) is 5.69 Å². The number of carbonyl (C=O) groups is 1. The zero-order valence-electron chi connectivity index (χ0n) is 8.96. The van der Waals surface area contributed by atoms with Crippen LogP contribution in [0.2, 0.25) is 0 Å². The topological polar surface area (TPSA) is 102 Å². The van der Waals surface area contributed by atoms with Gasteiger partial charge in [-0.1, -0.05) is 0 Å². The zero-order chi connectivity index (χ0) is 12.7. The molecule has 7 heteroatoms. The van der Waals surface area contributed by atoms with Crippen LogP contribution in [0, 0.1) is 10.1 Å². The highest BCUT2D eigenvalue weighted by Gasteiger charge is 2.05. The standard InChI is InChI=1S/C10H12N2O5/c13-6-5-11-10(14)17-7-8-1-3-9(4-2-8)12(15)16/h1-4,13H,5-7H2,(H,11,14). The molecule has 0 aliphatic heterocycles. The molecule has 0 heterocycles. The summed E-state index contributed by atoms with van der Waals surface area (Å²) in [6.07, 6.45) is -0.641. The fraction of sp³-hybridized carbons (Fsp3) is 0.300. The van der Waals surface area contributed by atoms with Gasteiger partial charge in [0.2, 0.25) is 0 Å². The van der Waals surface area contributed by atoms with E-state index in [1.54, 1.807) is 0 Å². The minimum Gasteiger partial charge on any atom is -0.445 e. The van der Waals surface area contributed by atoms with E-state index in [4.69, 9.17) is 9.84 Å². The Morgan fingerprint density at radius 2 is 2.06 bits per heavy atom. The molecule has 0 saturated heterocycles. The Morgan fingerprint density at radius 1 is 1.41 bits per heavy atom. The predicted molar refractivity (Wildman–Crippen MR) is 58.4 cm³/mol. The van der Waals surface area contributed by atoms with Gasteiger partial charge >= 0.3 is 6.09 Å². The lowest BCUT2D eigenvalue weighted by atomic mass is 10.2. The van der Waals surface area contributed by atoms with E-state index in [9.17, 15) is 14.9 Å². The van der Waals surface area contributed by atoms with Gasteiger partial charge in [-0.15, -0.1) is 0 Å². The molecule has 1 rings (SSSR count). The van der Waals surface area contributed by atoms with Crippen LogP contribution in [0.3, 0.4) is 0 Å². The molecule has 0 bridgehead atoms. The first-order chi connectivity index (χ1) is 8.13. The van der Waals surface area contributed by atoms with E-state index in [0.717, 1.165) is 0 Å². The number of alkyl carbamates (subject to hydrolysis) is 1. The van der Waals surface area contributed by atoms with Gasteiger partial charge in [0.15, 0.2) is 0 Å². The van der Waals surface area contributed by atoms with Crippen LogP contribution in [0.25, 0.3) is 0 Å². The highest BCUT2D eigenvalue weighted by atomic mass is 16.6. The molecule has 17 heavy (non-hydrogen) atoms. The Balaban J connectivity index is 2.42. The van der Waals surface area contributed by atoms with Crippen LogP contribution in [0.5, 0.6) is 0 Å². The average Bonchev–Trinajstić information content (AvgIpc) is 2.34. The minimum atomic E-state index is -0.641. The first-order valence-corrected chi connectivity index (χ1v) is 4.88. The van der Waals surface area contributed by atoms with Gasteiger partial charge in [0, 0.05) is 18.7 Å². The number of hydrogen-bond donors (Lipinski definition) is 2. The molecule has 1 amide bonds. The van der Waals surface area contributed by atoms with Crippen molar-refractivity contribution in [2.75, 3.05) is 13.2 Å². The number of nitro benzene ring substituents is 1. The minimum absolute atomic E-state index is 0.0153. The Bertz CT molecular complexity index is 390. The summed E-state index contributed by atoms with van der Waals surface area (Å²) in [5.74, 6) is 0. The van der Waals surface area contributed by atoms with Crippen molar-refractivity contribution in [3.63, 3.8) is 0 Å². The van der Waals surface area contributed by atoms with E-state index in [1.165, 1.54) is 24.3 Å². The maximum Gasteiger partial charge on any atom is 0.407 e. The molecular formula is C10H12N2O5. The van der Waals surface area contributed by atoms with Crippen LogP contribution in [-0.4, -0.2) is 29.3 Å². The SMILES string of the molecule is O=C(NCCO)OCc1ccc([N+](=O)[O-])cc1. The molecule has 1 aromatic carbocycles. The van der Waals surface area contributed by atoms with Crippen molar-refractivity contribution in [2.45, 2.75) is 6.61 Å². The summed E-state index contributed by atoms with van der Waals surface area (Å²) in [4.78, 5) is 20.9. The molecule has 1 aromatic rings. The van der Waals surface area contributed by atoms with Crippen molar-refractivity contribution in [2.24, 2.45) is 0 Å². The lowest BCUT2D eigenvalue weighted by Crippen LogP contribution is -2.26. The smallest absolute Gasteiger partial charge is 0.407 e. The molecule has 0 aliphatic carbocycles. The van der Waals surface area contributed by atoms with Gasteiger partial charge < -0.3 is 15.2 Å². The van der Waals surface area contributed by atoms with Crippen LogP contribution in [0.15, 0.2) is 24.3 Å². The van der Waals surface area contributed by atoms with Gasteiger partial charge in [0.05, 0.1) is 11.5 Å². The number of rotatable bonds is 5. The van der Waals surface area contributed by atoms with Crippen molar-refractivity contribution in [3.05, 3.63) is 39.9 Å². The Morgan fingerprint density at radius 3 is 2.59 bits per heavy atom. The van der Waals surface area contributed by atoms with Gasteiger partial charge in [-0.25, -0.2) is 4.79 Å². The maximum atomic E-state index is 11.0. The number of aliphatic hydroxyl groups excluding tert-OH is 1. The molecular weight excluding hydrogens is 228 g/mol.